The van der Waals surface area contributed by atoms with E-state index in [1.807, 2.05) is 6.08 Å². The van der Waals surface area contributed by atoms with Crippen LogP contribution in [-0.2, 0) is 0 Å². The first-order chi connectivity index (χ1) is 5.39. The van der Waals surface area contributed by atoms with Gasteiger partial charge < -0.3 is 5.11 Å². The molecule has 0 radical (unpaired) electrons. The van der Waals surface area contributed by atoms with Crippen molar-refractivity contribution >= 4 is 0 Å². The number of hydrogen-bond acceptors (Lipinski definition) is 1. The highest BCUT2D eigenvalue weighted by Crippen LogP contribution is 2.14. The molecule has 0 heterocycles. The first kappa shape index (κ1) is 8.63. The van der Waals surface area contributed by atoms with Crippen molar-refractivity contribution in [3.8, 4) is 0 Å². The zero-order valence-corrected chi connectivity index (χ0v) is 7.18. The second-order valence-electron chi connectivity index (χ2n) is 3.36. The summed E-state index contributed by atoms with van der Waals surface area (Å²) in [6.07, 6.45) is 11.8. The van der Waals surface area contributed by atoms with E-state index in [1.165, 1.54) is 38.5 Å². The maximum Gasteiger partial charge on any atom is 0.0882 e. The molecule has 0 atom stereocenters. The molecule has 1 heteroatoms. The minimum Gasteiger partial charge on any atom is -0.513 e. The van der Waals surface area contributed by atoms with Crippen molar-refractivity contribution in [1.29, 1.82) is 0 Å². The van der Waals surface area contributed by atoms with Crippen molar-refractivity contribution in [2.24, 2.45) is 0 Å². The maximum absolute atomic E-state index is 9.29. The molecule has 0 saturated heterocycles. The number of rotatable bonds is 0. The van der Waals surface area contributed by atoms with Crippen LogP contribution in [0.5, 0.6) is 0 Å². The summed E-state index contributed by atoms with van der Waals surface area (Å²) in [4.78, 5) is 0. The van der Waals surface area contributed by atoms with Gasteiger partial charge in [-0.3, -0.25) is 0 Å². The van der Waals surface area contributed by atoms with Crippen LogP contribution in [0.1, 0.15) is 51.4 Å². The molecule has 0 fully saturated rings. The van der Waals surface area contributed by atoms with Gasteiger partial charge in [-0.2, -0.15) is 0 Å². The van der Waals surface area contributed by atoms with E-state index >= 15 is 0 Å². The van der Waals surface area contributed by atoms with Crippen molar-refractivity contribution in [1.82, 2.24) is 0 Å². The molecule has 1 N–H and O–H groups in total. The molecule has 11 heavy (non-hydrogen) atoms. The van der Waals surface area contributed by atoms with Crippen LogP contribution in [0.15, 0.2) is 11.8 Å². The van der Waals surface area contributed by atoms with E-state index in [0.29, 0.717) is 5.76 Å². The summed E-state index contributed by atoms with van der Waals surface area (Å²) >= 11 is 0. The Bertz CT molecular complexity index is 127. The standard InChI is InChI=1S/C10H18O/c11-10-8-6-4-2-1-3-5-7-9-10/h8,11H,1-7,9H2/b10-8+. The summed E-state index contributed by atoms with van der Waals surface area (Å²) in [6.45, 7) is 0. The number of hydrogen-bond donors (Lipinski definition) is 1. The predicted octanol–water partition coefficient (Wildman–Crippen LogP) is 3.56. The average Bonchev–Trinajstić information content (AvgIpc) is 2.03. The van der Waals surface area contributed by atoms with Gasteiger partial charge in [-0.1, -0.05) is 25.7 Å². The first-order valence-corrected chi connectivity index (χ1v) is 4.77. The van der Waals surface area contributed by atoms with Gasteiger partial charge in [0.2, 0.25) is 0 Å². The summed E-state index contributed by atoms with van der Waals surface area (Å²) in [5, 5.41) is 9.29. The number of aliphatic hydroxyl groups is 1. The zero-order chi connectivity index (χ0) is 7.94. The summed E-state index contributed by atoms with van der Waals surface area (Å²) < 4.78 is 0. The first-order valence-electron chi connectivity index (χ1n) is 4.77. The molecule has 0 aromatic rings. The molecule has 0 aromatic carbocycles. The van der Waals surface area contributed by atoms with Crippen LogP contribution >= 0.6 is 0 Å². The lowest BCUT2D eigenvalue weighted by Gasteiger charge is -2.04. The maximum atomic E-state index is 9.29. The van der Waals surface area contributed by atoms with Crippen molar-refractivity contribution in [2.75, 3.05) is 0 Å². The van der Waals surface area contributed by atoms with Crippen LogP contribution in [0.4, 0.5) is 0 Å². The van der Waals surface area contributed by atoms with Crippen molar-refractivity contribution in [2.45, 2.75) is 51.4 Å². The minimum absolute atomic E-state index is 0.618. The van der Waals surface area contributed by atoms with Gasteiger partial charge in [0.1, 0.15) is 0 Å². The molecule has 1 aliphatic rings. The van der Waals surface area contributed by atoms with Crippen LogP contribution in [-0.4, -0.2) is 5.11 Å². The van der Waals surface area contributed by atoms with Crippen LogP contribution in [0.3, 0.4) is 0 Å². The van der Waals surface area contributed by atoms with Crippen molar-refractivity contribution in [3.05, 3.63) is 11.8 Å². The lowest BCUT2D eigenvalue weighted by molar-refractivity contribution is 0.374. The number of allylic oxidation sites excluding steroid dienone is 2. The lowest BCUT2D eigenvalue weighted by Crippen LogP contribution is -1.87. The highest BCUT2D eigenvalue weighted by molar-refractivity contribution is 4.90. The molecule has 1 aliphatic carbocycles. The van der Waals surface area contributed by atoms with E-state index in [2.05, 4.69) is 0 Å². The highest BCUT2D eigenvalue weighted by atomic mass is 16.3. The SMILES string of the molecule is O/C1=C/CCCCCCCC1. The molecule has 0 aliphatic heterocycles. The molecule has 64 valence electrons. The topological polar surface area (TPSA) is 20.2 Å². The molecule has 0 unspecified atom stereocenters. The van der Waals surface area contributed by atoms with E-state index in [4.69, 9.17) is 0 Å². The summed E-state index contributed by atoms with van der Waals surface area (Å²) in [5.74, 6) is 0.618. The summed E-state index contributed by atoms with van der Waals surface area (Å²) in [6, 6.07) is 0. The van der Waals surface area contributed by atoms with E-state index in [9.17, 15) is 5.11 Å². The third-order valence-electron chi connectivity index (χ3n) is 2.27. The Labute approximate surface area is 69.1 Å². The van der Waals surface area contributed by atoms with Gasteiger partial charge in [-0.25, -0.2) is 0 Å². The molecule has 0 spiro atoms. The molecule has 0 saturated carbocycles. The quantitative estimate of drug-likeness (QED) is 0.565. The fourth-order valence-electron chi connectivity index (χ4n) is 1.53. The van der Waals surface area contributed by atoms with E-state index in [1.54, 1.807) is 0 Å². The third kappa shape index (κ3) is 4.07. The van der Waals surface area contributed by atoms with Gasteiger partial charge in [-0.15, -0.1) is 0 Å². The van der Waals surface area contributed by atoms with Gasteiger partial charge in [0.25, 0.3) is 0 Å². The Balaban J connectivity index is 2.27. The smallest absolute Gasteiger partial charge is 0.0882 e. The largest absolute Gasteiger partial charge is 0.513 e. The Morgan fingerprint density at radius 3 is 2.36 bits per heavy atom. The zero-order valence-electron chi connectivity index (χ0n) is 7.18. The van der Waals surface area contributed by atoms with Gasteiger partial charge in [-0.05, 0) is 25.3 Å². The third-order valence-corrected chi connectivity index (χ3v) is 2.27. The fraction of sp³-hybridized carbons (Fsp3) is 0.800. The highest BCUT2D eigenvalue weighted by Gasteiger charge is 1.97. The molecule has 1 nitrogen and oxygen atoms in total. The van der Waals surface area contributed by atoms with E-state index in [0.717, 1.165) is 12.8 Å². The van der Waals surface area contributed by atoms with E-state index < -0.39 is 0 Å². The molecule has 1 rings (SSSR count). The molecule has 0 amide bonds. The molecule has 0 aromatic heterocycles. The van der Waals surface area contributed by atoms with Gasteiger partial charge in [0, 0.05) is 6.42 Å². The van der Waals surface area contributed by atoms with Gasteiger partial charge in [0.05, 0.1) is 5.76 Å². The number of aliphatic hydroxyl groups excluding tert-OH is 1. The molecular formula is C10H18O. The predicted molar refractivity (Wildman–Crippen MR) is 47.6 cm³/mol. The second kappa shape index (κ2) is 5.22. The summed E-state index contributed by atoms with van der Waals surface area (Å²) in [5.41, 5.74) is 0. The van der Waals surface area contributed by atoms with Crippen molar-refractivity contribution < 1.29 is 5.11 Å². The van der Waals surface area contributed by atoms with Crippen LogP contribution in [0.25, 0.3) is 0 Å². The average molecular weight is 154 g/mol. The summed E-state index contributed by atoms with van der Waals surface area (Å²) in [7, 11) is 0. The Morgan fingerprint density at radius 2 is 1.55 bits per heavy atom. The minimum atomic E-state index is 0.618. The van der Waals surface area contributed by atoms with Crippen LogP contribution in [0, 0.1) is 0 Å². The second-order valence-corrected chi connectivity index (χ2v) is 3.36. The Hall–Kier alpha value is -0.460. The van der Waals surface area contributed by atoms with Gasteiger partial charge in [0.15, 0.2) is 0 Å². The van der Waals surface area contributed by atoms with Gasteiger partial charge >= 0.3 is 0 Å². The normalized spacial score (nSPS) is 27.1. The van der Waals surface area contributed by atoms with Crippen LogP contribution in [0.2, 0.25) is 0 Å². The Morgan fingerprint density at radius 1 is 0.909 bits per heavy atom. The lowest BCUT2D eigenvalue weighted by atomic mass is 10.0. The van der Waals surface area contributed by atoms with Crippen LogP contribution < -0.4 is 0 Å². The van der Waals surface area contributed by atoms with E-state index in [-0.39, 0.29) is 0 Å². The molecular weight excluding hydrogens is 136 g/mol. The molecule has 0 bridgehead atoms. The van der Waals surface area contributed by atoms with Crippen molar-refractivity contribution in [3.63, 3.8) is 0 Å². The fourth-order valence-corrected chi connectivity index (χ4v) is 1.53. The monoisotopic (exact) mass is 154 g/mol. The Kier molecular flexibility index (Phi) is 4.10.